The summed E-state index contributed by atoms with van der Waals surface area (Å²) in [6.07, 6.45) is 3.78. The highest BCUT2D eigenvalue weighted by Crippen LogP contribution is 2.29. The molecule has 19 heavy (non-hydrogen) atoms. The Labute approximate surface area is 113 Å². The van der Waals surface area contributed by atoms with Gasteiger partial charge >= 0.3 is 0 Å². The summed E-state index contributed by atoms with van der Waals surface area (Å²) in [7, 11) is 3.57. The lowest BCUT2D eigenvalue weighted by Crippen LogP contribution is -2.29. The first-order chi connectivity index (χ1) is 9.06. The van der Waals surface area contributed by atoms with Gasteiger partial charge in [0.2, 0.25) is 0 Å². The lowest BCUT2D eigenvalue weighted by atomic mass is 9.95. The number of aromatic nitrogens is 2. The van der Waals surface area contributed by atoms with E-state index < -0.39 is 0 Å². The van der Waals surface area contributed by atoms with Gasteiger partial charge in [-0.3, -0.25) is 10.5 Å². The maximum absolute atomic E-state index is 5.72. The highest BCUT2D eigenvalue weighted by Gasteiger charge is 2.17. The summed E-state index contributed by atoms with van der Waals surface area (Å²) in [4.78, 5) is 0. The van der Waals surface area contributed by atoms with Gasteiger partial charge in [0.05, 0.1) is 19.3 Å². The minimum Gasteiger partial charge on any atom is -0.496 e. The first kappa shape index (κ1) is 13.6. The number of benzene rings is 1. The number of hydrogen-bond donors (Lipinski definition) is 2. The summed E-state index contributed by atoms with van der Waals surface area (Å²) in [5.74, 6) is 6.61. The molecule has 0 saturated carbocycles. The Hall–Kier alpha value is -1.85. The highest BCUT2D eigenvalue weighted by molar-refractivity contribution is 5.45. The second-order valence-corrected chi connectivity index (χ2v) is 4.73. The summed E-state index contributed by atoms with van der Waals surface area (Å²) >= 11 is 0. The van der Waals surface area contributed by atoms with Crippen molar-refractivity contribution >= 4 is 0 Å². The lowest BCUT2D eigenvalue weighted by Gasteiger charge is -2.19. The molecule has 1 atom stereocenters. The van der Waals surface area contributed by atoms with Gasteiger partial charge in [-0.25, -0.2) is 5.43 Å². The molecule has 3 N–H and O–H groups in total. The van der Waals surface area contributed by atoms with Crippen molar-refractivity contribution in [2.45, 2.75) is 19.9 Å². The molecule has 1 aromatic carbocycles. The first-order valence-electron chi connectivity index (χ1n) is 6.16. The van der Waals surface area contributed by atoms with E-state index in [0.717, 1.165) is 28.0 Å². The zero-order valence-corrected chi connectivity index (χ0v) is 11.8. The van der Waals surface area contributed by atoms with Gasteiger partial charge < -0.3 is 4.74 Å². The number of methoxy groups -OCH3 is 1. The topological polar surface area (TPSA) is 65.1 Å². The molecule has 102 valence electrons. The first-order valence-corrected chi connectivity index (χ1v) is 6.16. The molecule has 2 rings (SSSR count). The van der Waals surface area contributed by atoms with Crippen molar-refractivity contribution in [3.8, 4) is 5.75 Å². The molecule has 5 heteroatoms. The maximum Gasteiger partial charge on any atom is 0.122 e. The van der Waals surface area contributed by atoms with E-state index in [-0.39, 0.29) is 6.04 Å². The summed E-state index contributed by atoms with van der Waals surface area (Å²) in [6, 6.07) is 4.06. The minimum absolute atomic E-state index is 0.0710. The van der Waals surface area contributed by atoms with Crippen LogP contribution in [0.15, 0.2) is 24.5 Å². The van der Waals surface area contributed by atoms with Crippen LogP contribution in [0.5, 0.6) is 5.75 Å². The van der Waals surface area contributed by atoms with Gasteiger partial charge in [-0.05, 0) is 36.6 Å². The van der Waals surface area contributed by atoms with E-state index in [4.69, 9.17) is 10.6 Å². The number of nitrogens with two attached hydrogens (primary N) is 1. The molecule has 1 unspecified atom stereocenters. The molecule has 0 amide bonds. The fourth-order valence-electron chi connectivity index (χ4n) is 2.30. The summed E-state index contributed by atoms with van der Waals surface area (Å²) in [5.41, 5.74) is 7.26. The van der Waals surface area contributed by atoms with Gasteiger partial charge in [-0.2, -0.15) is 5.10 Å². The number of rotatable bonds is 4. The smallest absolute Gasteiger partial charge is 0.122 e. The Kier molecular flexibility index (Phi) is 3.87. The predicted octanol–water partition coefficient (Wildman–Crippen LogP) is 1.60. The normalized spacial score (nSPS) is 12.5. The summed E-state index contributed by atoms with van der Waals surface area (Å²) in [6.45, 7) is 4.08. The number of hydrogen-bond acceptors (Lipinski definition) is 4. The van der Waals surface area contributed by atoms with Gasteiger partial charge in [0, 0.05) is 18.8 Å². The molecular weight excluding hydrogens is 240 g/mol. The van der Waals surface area contributed by atoms with Crippen molar-refractivity contribution in [1.82, 2.24) is 15.2 Å². The Morgan fingerprint density at radius 3 is 2.58 bits per heavy atom. The average Bonchev–Trinajstić information content (AvgIpc) is 2.80. The molecule has 0 aliphatic carbocycles. The fraction of sp³-hybridized carbons (Fsp3) is 0.357. The third kappa shape index (κ3) is 2.62. The number of aryl methyl sites for hydroxylation is 3. The molecule has 1 aromatic heterocycles. The minimum atomic E-state index is -0.0710. The van der Waals surface area contributed by atoms with Crippen LogP contribution in [0.3, 0.4) is 0 Å². The van der Waals surface area contributed by atoms with Crippen molar-refractivity contribution in [2.24, 2.45) is 12.9 Å². The highest BCUT2D eigenvalue weighted by atomic mass is 16.5. The van der Waals surface area contributed by atoms with Gasteiger partial charge in [0.15, 0.2) is 0 Å². The lowest BCUT2D eigenvalue weighted by molar-refractivity contribution is 0.411. The number of hydrazine groups is 1. The van der Waals surface area contributed by atoms with E-state index in [1.54, 1.807) is 11.8 Å². The van der Waals surface area contributed by atoms with Crippen LogP contribution in [0.1, 0.15) is 28.3 Å². The SMILES string of the molecule is COc1cc(C)c(C(NN)c2cnn(C)c2)cc1C. The zero-order valence-electron chi connectivity index (χ0n) is 11.8. The van der Waals surface area contributed by atoms with Gasteiger partial charge in [-0.15, -0.1) is 0 Å². The predicted molar refractivity (Wildman–Crippen MR) is 74.8 cm³/mol. The van der Waals surface area contributed by atoms with Crippen LogP contribution in [-0.2, 0) is 7.05 Å². The molecule has 0 aliphatic heterocycles. The maximum atomic E-state index is 5.72. The van der Waals surface area contributed by atoms with Crippen LogP contribution in [-0.4, -0.2) is 16.9 Å². The molecule has 0 saturated heterocycles. The van der Waals surface area contributed by atoms with Crippen LogP contribution in [0.2, 0.25) is 0 Å². The van der Waals surface area contributed by atoms with Crippen LogP contribution in [0.4, 0.5) is 0 Å². The quantitative estimate of drug-likeness (QED) is 0.647. The zero-order chi connectivity index (χ0) is 14.0. The van der Waals surface area contributed by atoms with Crippen LogP contribution < -0.4 is 16.0 Å². The molecule has 0 fully saturated rings. The number of nitrogens with zero attached hydrogens (tertiary/aromatic N) is 2. The van der Waals surface area contributed by atoms with Gasteiger partial charge in [-0.1, -0.05) is 6.07 Å². The number of ether oxygens (including phenoxy) is 1. The molecule has 2 aromatic rings. The Balaban J connectivity index is 2.47. The van der Waals surface area contributed by atoms with Gasteiger partial charge in [0.25, 0.3) is 0 Å². The third-order valence-corrected chi connectivity index (χ3v) is 3.32. The summed E-state index contributed by atoms with van der Waals surface area (Å²) < 4.78 is 7.11. The van der Waals surface area contributed by atoms with E-state index >= 15 is 0 Å². The van der Waals surface area contributed by atoms with Crippen molar-refractivity contribution in [3.05, 3.63) is 46.8 Å². The van der Waals surface area contributed by atoms with Crippen molar-refractivity contribution in [1.29, 1.82) is 0 Å². The Morgan fingerprint density at radius 2 is 2.05 bits per heavy atom. The van der Waals surface area contributed by atoms with Crippen molar-refractivity contribution in [2.75, 3.05) is 7.11 Å². The van der Waals surface area contributed by atoms with E-state index in [2.05, 4.69) is 23.5 Å². The number of nitrogens with one attached hydrogen (secondary N) is 1. The fourth-order valence-corrected chi connectivity index (χ4v) is 2.30. The average molecular weight is 260 g/mol. The molecule has 1 heterocycles. The molecule has 0 radical (unpaired) electrons. The Bertz CT molecular complexity index is 577. The van der Waals surface area contributed by atoms with Crippen molar-refractivity contribution in [3.63, 3.8) is 0 Å². The van der Waals surface area contributed by atoms with E-state index in [9.17, 15) is 0 Å². The molecule has 5 nitrogen and oxygen atoms in total. The van der Waals surface area contributed by atoms with Crippen molar-refractivity contribution < 1.29 is 4.74 Å². The van der Waals surface area contributed by atoms with Crippen LogP contribution >= 0.6 is 0 Å². The van der Waals surface area contributed by atoms with Crippen LogP contribution in [0.25, 0.3) is 0 Å². The second-order valence-electron chi connectivity index (χ2n) is 4.73. The van der Waals surface area contributed by atoms with Crippen LogP contribution in [0, 0.1) is 13.8 Å². The standard InChI is InChI=1S/C14H20N4O/c1-9-6-13(19-4)10(2)5-12(9)14(17-15)11-7-16-18(3)8-11/h5-8,14,17H,15H2,1-4H3. The monoisotopic (exact) mass is 260 g/mol. The molecule has 0 bridgehead atoms. The van der Waals surface area contributed by atoms with E-state index in [1.165, 1.54) is 0 Å². The molecular formula is C14H20N4O. The second kappa shape index (κ2) is 5.42. The molecule has 0 spiro atoms. The Morgan fingerprint density at radius 1 is 1.32 bits per heavy atom. The summed E-state index contributed by atoms with van der Waals surface area (Å²) in [5, 5.41) is 4.19. The van der Waals surface area contributed by atoms with Gasteiger partial charge in [0.1, 0.15) is 5.75 Å². The third-order valence-electron chi connectivity index (χ3n) is 3.32. The van der Waals surface area contributed by atoms with E-state index in [0.29, 0.717) is 0 Å². The largest absolute Gasteiger partial charge is 0.496 e. The van der Waals surface area contributed by atoms with E-state index in [1.807, 2.05) is 32.4 Å². The molecule has 0 aliphatic rings.